The monoisotopic (exact) mass is 278 g/mol. The van der Waals surface area contributed by atoms with E-state index in [2.05, 4.69) is 10.6 Å². The standard InChI is InChI=1S/C15H22N2O3/c1-16-10-6-4-7-11(10)17-15(18)14-12(19-2)8-5-9-13(14)20-3/h5,8-11,16H,4,6-7H2,1-3H3,(H,17,18). The van der Waals surface area contributed by atoms with E-state index >= 15 is 0 Å². The van der Waals surface area contributed by atoms with Crippen molar-refractivity contribution < 1.29 is 14.3 Å². The van der Waals surface area contributed by atoms with Gasteiger partial charge in [-0.15, -0.1) is 0 Å². The molecule has 2 N–H and O–H groups in total. The van der Waals surface area contributed by atoms with Gasteiger partial charge in [-0.1, -0.05) is 6.07 Å². The lowest BCUT2D eigenvalue weighted by molar-refractivity contribution is 0.0926. The van der Waals surface area contributed by atoms with Crippen molar-refractivity contribution in [1.82, 2.24) is 10.6 Å². The van der Waals surface area contributed by atoms with Gasteiger partial charge < -0.3 is 20.1 Å². The van der Waals surface area contributed by atoms with Crippen LogP contribution in [0.4, 0.5) is 0 Å². The maximum atomic E-state index is 12.5. The van der Waals surface area contributed by atoms with Crippen LogP contribution in [0.3, 0.4) is 0 Å². The molecule has 2 atom stereocenters. The molecule has 1 saturated carbocycles. The Labute approximate surface area is 119 Å². The van der Waals surface area contributed by atoms with E-state index in [9.17, 15) is 4.79 Å². The van der Waals surface area contributed by atoms with Crippen LogP contribution < -0.4 is 20.1 Å². The Kier molecular flexibility index (Phi) is 4.84. The smallest absolute Gasteiger partial charge is 0.259 e. The molecule has 5 heteroatoms. The molecule has 0 radical (unpaired) electrons. The third-order valence-electron chi connectivity index (χ3n) is 3.86. The topological polar surface area (TPSA) is 59.6 Å². The van der Waals surface area contributed by atoms with Gasteiger partial charge in [0.05, 0.1) is 14.2 Å². The van der Waals surface area contributed by atoms with E-state index in [0.717, 1.165) is 19.3 Å². The highest BCUT2D eigenvalue weighted by atomic mass is 16.5. The summed E-state index contributed by atoms with van der Waals surface area (Å²) >= 11 is 0. The zero-order valence-electron chi connectivity index (χ0n) is 12.2. The average molecular weight is 278 g/mol. The van der Waals surface area contributed by atoms with Gasteiger partial charge in [-0.05, 0) is 38.4 Å². The molecule has 0 aromatic heterocycles. The maximum absolute atomic E-state index is 12.5. The van der Waals surface area contributed by atoms with Gasteiger partial charge in [-0.25, -0.2) is 0 Å². The van der Waals surface area contributed by atoms with Gasteiger partial charge in [0, 0.05) is 12.1 Å². The fraction of sp³-hybridized carbons (Fsp3) is 0.533. The minimum absolute atomic E-state index is 0.147. The van der Waals surface area contributed by atoms with Crippen molar-refractivity contribution in [2.75, 3.05) is 21.3 Å². The fourth-order valence-corrected chi connectivity index (χ4v) is 2.79. The lowest BCUT2D eigenvalue weighted by atomic mass is 10.1. The number of nitrogens with one attached hydrogen (secondary N) is 2. The molecule has 20 heavy (non-hydrogen) atoms. The van der Waals surface area contributed by atoms with Gasteiger partial charge in [0.25, 0.3) is 5.91 Å². The molecule has 5 nitrogen and oxygen atoms in total. The van der Waals surface area contributed by atoms with Crippen LogP contribution in [-0.2, 0) is 0 Å². The van der Waals surface area contributed by atoms with Crippen LogP contribution in [0.25, 0.3) is 0 Å². The molecule has 2 rings (SSSR count). The van der Waals surface area contributed by atoms with Gasteiger partial charge >= 0.3 is 0 Å². The molecular formula is C15H22N2O3. The molecule has 0 bridgehead atoms. The van der Waals surface area contributed by atoms with Crippen molar-refractivity contribution in [3.63, 3.8) is 0 Å². The van der Waals surface area contributed by atoms with E-state index in [1.54, 1.807) is 32.4 Å². The minimum atomic E-state index is -0.147. The molecule has 2 unspecified atom stereocenters. The predicted molar refractivity (Wildman–Crippen MR) is 77.5 cm³/mol. The Balaban J connectivity index is 2.20. The molecule has 0 heterocycles. The van der Waals surface area contributed by atoms with Crippen molar-refractivity contribution >= 4 is 5.91 Å². The number of hydrogen-bond donors (Lipinski definition) is 2. The number of methoxy groups -OCH3 is 2. The third kappa shape index (κ3) is 2.88. The average Bonchev–Trinajstić information content (AvgIpc) is 2.93. The second kappa shape index (κ2) is 6.61. The van der Waals surface area contributed by atoms with Crippen LogP contribution in [-0.4, -0.2) is 39.3 Å². The third-order valence-corrected chi connectivity index (χ3v) is 3.86. The van der Waals surface area contributed by atoms with Gasteiger partial charge in [-0.3, -0.25) is 4.79 Å². The summed E-state index contributed by atoms with van der Waals surface area (Å²) in [6, 6.07) is 5.82. The van der Waals surface area contributed by atoms with Crippen LogP contribution in [0.1, 0.15) is 29.6 Å². The Morgan fingerprint density at radius 3 is 2.30 bits per heavy atom. The molecule has 1 aliphatic rings. The summed E-state index contributed by atoms with van der Waals surface area (Å²) in [6.07, 6.45) is 3.21. The second-order valence-corrected chi connectivity index (χ2v) is 4.94. The van der Waals surface area contributed by atoms with E-state index in [1.807, 2.05) is 7.05 Å². The summed E-state index contributed by atoms with van der Waals surface area (Å²) in [4.78, 5) is 12.5. The van der Waals surface area contributed by atoms with Gasteiger partial charge in [-0.2, -0.15) is 0 Å². The lowest BCUT2D eigenvalue weighted by Crippen LogP contribution is -2.45. The van der Waals surface area contributed by atoms with Gasteiger partial charge in [0.15, 0.2) is 0 Å². The number of hydrogen-bond acceptors (Lipinski definition) is 4. The zero-order valence-corrected chi connectivity index (χ0v) is 12.2. The van der Waals surface area contributed by atoms with Crippen LogP contribution >= 0.6 is 0 Å². The second-order valence-electron chi connectivity index (χ2n) is 4.94. The van der Waals surface area contributed by atoms with E-state index in [0.29, 0.717) is 23.1 Å². The van der Waals surface area contributed by atoms with Gasteiger partial charge in [0.1, 0.15) is 17.1 Å². The molecule has 1 aromatic rings. The first kappa shape index (κ1) is 14.7. The number of ether oxygens (including phenoxy) is 2. The van der Waals surface area contributed by atoms with E-state index in [1.165, 1.54) is 0 Å². The lowest BCUT2D eigenvalue weighted by Gasteiger charge is -2.21. The van der Waals surface area contributed by atoms with Crippen LogP contribution in [0.15, 0.2) is 18.2 Å². The highest BCUT2D eigenvalue weighted by Crippen LogP contribution is 2.29. The summed E-state index contributed by atoms with van der Waals surface area (Å²) < 4.78 is 10.5. The van der Waals surface area contributed by atoms with Crippen molar-refractivity contribution in [2.45, 2.75) is 31.3 Å². The fourth-order valence-electron chi connectivity index (χ4n) is 2.79. The van der Waals surface area contributed by atoms with Crippen LogP contribution in [0.2, 0.25) is 0 Å². The first-order valence-electron chi connectivity index (χ1n) is 6.90. The van der Waals surface area contributed by atoms with Crippen LogP contribution in [0.5, 0.6) is 11.5 Å². The number of carbonyl (C=O) groups is 1. The molecule has 110 valence electrons. The summed E-state index contributed by atoms with van der Waals surface area (Å²) in [6.45, 7) is 0. The summed E-state index contributed by atoms with van der Waals surface area (Å²) in [5.41, 5.74) is 0.458. The molecule has 1 fully saturated rings. The number of rotatable bonds is 5. The molecular weight excluding hydrogens is 256 g/mol. The Morgan fingerprint density at radius 1 is 1.15 bits per heavy atom. The van der Waals surface area contributed by atoms with E-state index in [-0.39, 0.29) is 11.9 Å². The number of likely N-dealkylation sites (N-methyl/N-ethyl adjacent to an activating group) is 1. The summed E-state index contributed by atoms with van der Waals surface area (Å²) in [5, 5.41) is 6.33. The van der Waals surface area contributed by atoms with Crippen molar-refractivity contribution in [1.29, 1.82) is 0 Å². The number of benzene rings is 1. The quantitative estimate of drug-likeness (QED) is 0.858. The molecule has 0 aliphatic heterocycles. The highest BCUT2D eigenvalue weighted by Gasteiger charge is 2.29. The van der Waals surface area contributed by atoms with Crippen molar-refractivity contribution in [3.8, 4) is 11.5 Å². The Hall–Kier alpha value is -1.75. The number of amides is 1. The number of carbonyl (C=O) groups excluding carboxylic acids is 1. The SMILES string of the molecule is CNC1CCCC1NC(=O)c1c(OC)cccc1OC. The van der Waals surface area contributed by atoms with E-state index in [4.69, 9.17) is 9.47 Å². The first-order chi connectivity index (χ1) is 9.71. The molecule has 1 amide bonds. The van der Waals surface area contributed by atoms with Crippen molar-refractivity contribution in [3.05, 3.63) is 23.8 Å². The Morgan fingerprint density at radius 2 is 1.75 bits per heavy atom. The minimum Gasteiger partial charge on any atom is -0.496 e. The largest absolute Gasteiger partial charge is 0.496 e. The predicted octanol–water partition coefficient (Wildman–Crippen LogP) is 1.57. The zero-order chi connectivity index (χ0) is 14.5. The van der Waals surface area contributed by atoms with Crippen molar-refractivity contribution in [2.24, 2.45) is 0 Å². The summed E-state index contributed by atoms with van der Waals surface area (Å²) in [5.74, 6) is 0.910. The highest BCUT2D eigenvalue weighted by molar-refractivity contribution is 6.00. The first-order valence-corrected chi connectivity index (χ1v) is 6.90. The molecule has 1 aliphatic carbocycles. The Bertz CT molecular complexity index is 454. The van der Waals surface area contributed by atoms with Gasteiger partial charge in [0.2, 0.25) is 0 Å². The normalized spacial score (nSPS) is 21.6. The molecule has 1 aromatic carbocycles. The maximum Gasteiger partial charge on any atom is 0.259 e. The van der Waals surface area contributed by atoms with Crippen LogP contribution in [0, 0.1) is 0 Å². The molecule has 0 saturated heterocycles. The molecule has 0 spiro atoms. The van der Waals surface area contributed by atoms with E-state index < -0.39 is 0 Å². The summed E-state index contributed by atoms with van der Waals surface area (Å²) in [7, 11) is 5.04.